The molecular formula is C47H87NO5. The molecule has 2 unspecified atom stereocenters. The predicted molar refractivity (Wildman–Crippen MR) is 227 cm³/mol. The monoisotopic (exact) mass is 746 g/mol. The lowest BCUT2D eigenvalue weighted by Gasteiger charge is -2.20. The minimum atomic E-state index is -0.864. The Balaban J connectivity index is 3.54. The van der Waals surface area contributed by atoms with E-state index in [0.717, 1.165) is 77.0 Å². The van der Waals surface area contributed by atoms with Crippen LogP contribution in [0.15, 0.2) is 36.5 Å². The molecule has 0 aliphatic heterocycles. The van der Waals surface area contributed by atoms with E-state index in [1.165, 1.54) is 122 Å². The molecule has 0 bridgehead atoms. The van der Waals surface area contributed by atoms with Crippen LogP contribution < -0.4 is 5.32 Å². The highest BCUT2D eigenvalue weighted by molar-refractivity contribution is 5.76. The van der Waals surface area contributed by atoms with Crippen molar-refractivity contribution in [2.75, 3.05) is 13.2 Å². The summed E-state index contributed by atoms with van der Waals surface area (Å²) in [5.74, 6) is -0.152. The van der Waals surface area contributed by atoms with Gasteiger partial charge in [-0.1, -0.05) is 166 Å². The van der Waals surface area contributed by atoms with Crippen molar-refractivity contribution in [2.45, 2.75) is 238 Å². The summed E-state index contributed by atoms with van der Waals surface area (Å²) in [5.41, 5.74) is 0. The Kier molecular flexibility index (Phi) is 41.3. The van der Waals surface area contributed by atoms with Gasteiger partial charge >= 0.3 is 5.97 Å². The number of hydrogen-bond donors (Lipinski definition) is 3. The molecule has 2 atom stereocenters. The molecule has 0 aliphatic carbocycles. The Morgan fingerprint density at radius 2 is 0.887 bits per heavy atom. The molecule has 0 aliphatic rings. The summed E-state index contributed by atoms with van der Waals surface area (Å²) in [7, 11) is 0. The van der Waals surface area contributed by atoms with Gasteiger partial charge in [0.05, 0.1) is 25.4 Å². The quantitative estimate of drug-likeness (QED) is 0.0329. The van der Waals surface area contributed by atoms with Crippen molar-refractivity contribution in [3.8, 4) is 0 Å². The molecule has 0 saturated carbocycles. The molecule has 0 heterocycles. The van der Waals surface area contributed by atoms with Crippen LogP contribution in [0, 0.1) is 0 Å². The number of rotatable bonds is 41. The van der Waals surface area contributed by atoms with Gasteiger partial charge in [-0.2, -0.15) is 0 Å². The van der Waals surface area contributed by atoms with Gasteiger partial charge in [-0.25, -0.2) is 0 Å². The second kappa shape index (κ2) is 42.8. The number of esters is 1. The van der Waals surface area contributed by atoms with Gasteiger partial charge in [-0.3, -0.25) is 9.59 Å². The van der Waals surface area contributed by atoms with Gasteiger partial charge in [0.15, 0.2) is 0 Å². The molecule has 0 saturated heterocycles. The van der Waals surface area contributed by atoms with Crippen molar-refractivity contribution >= 4 is 11.9 Å². The first-order chi connectivity index (χ1) is 26.0. The molecule has 1 amide bonds. The molecule has 0 spiro atoms. The lowest BCUT2D eigenvalue weighted by atomic mass is 10.1. The van der Waals surface area contributed by atoms with Crippen LogP contribution in [0.2, 0.25) is 0 Å². The van der Waals surface area contributed by atoms with Crippen LogP contribution in [-0.4, -0.2) is 47.4 Å². The number of allylic oxidation sites excluding steroid dienone is 5. The first-order valence-corrected chi connectivity index (χ1v) is 22.8. The summed E-state index contributed by atoms with van der Waals surface area (Å²) >= 11 is 0. The Hall–Kier alpha value is -1.92. The van der Waals surface area contributed by atoms with E-state index in [0.29, 0.717) is 19.4 Å². The van der Waals surface area contributed by atoms with E-state index in [-0.39, 0.29) is 18.5 Å². The minimum absolute atomic E-state index is 0.0434. The smallest absolute Gasteiger partial charge is 0.305 e. The number of aliphatic hydroxyl groups excluding tert-OH is 2. The third kappa shape index (κ3) is 39.6. The van der Waals surface area contributed by atoms with E-state index in [1.54, 1.807) is 6.08 Å². The van der Waals surface area contributed by atoms with Gasteiger partial charge in [0.25, 0.3) is 0 Å². The average Bonchev–Trinajstić information content (AvgIpc) is 3.16. The molecule has 0 aromatic heterocycles. The van der Waals surface area contributed by atoms with E-state index in [9.17, 15) is 19.8 Å². The van der Waals surface area contributed by atoms with Gasteiger partial charge in [0, 0.05) is 12.8 Å². The van der Waals surface area contributed by atoms with Crippen LogP contribution in [0.3, 0.4) is 0 Å². The molecular weight excluding hydrogens is 659 g/mol. The van der Waals surface area contributed by atoms with E-state index < -0.39 is 12.1 Å². The fourth-order valence-electron chi connectivity index (χ4n) is 6.56. The second-order valence-corrected chi connectivity index (χ2v) is 15.4. The van der Waals surface area contributed by atoms with Crippen molar-refractivity contribution in [1.29, 1.82) is 0 Å². The van der Waals surface area contributed by atoms with E-state index in [2.05, 4.69) is 43.5 Å². The fourth-order valence-corrected chi connectivity index (χ4v) is 6.56. The van der Waals surface area contributed by atoms with Gasteiger partial charge in [0.1, 0.15) is 0 Å². The third-order valence-electron chi connectivity index (χ3n) is 10.1. The lowest BCUT2D eigenvalue weighted by molar-refractivity contribution is -0.143. The molecule has 0 aromatic carbocycles. The summed E-state index contributed by atoms with van der Waals surface area (Å²) in [6.07, 6.45) is 50.0. The maximum absolute atomic E-state index is 12.3. The van der Waals surface area contributed by atoms with Gasteiger partial charge in [0.2, 0.25) is 5.91 Å². The second-order valence-electron chi connectivity index (χ2n) is 15.4. The number of ether oxygens (including phenoxy) is 1. The van der Waals surface area contributed by atoms with Gasteiger partial charge in [-0.05, 0) is 83.5 Å². The van der Waals surface area contributed by atoms with Crippen molar-refractivity contribution in [3.05, 3.63) is 36.5 Å². The molecule has 6 nitrogen and oxygen atoms in total. The first-order valence-electron chi connectivity index (χ1n) is 22.8. The predicted octanol–water partition coefficient (Wildman–Crippen LogP) is 12.9. The third-order valence-corrected chi connectivity index (χ3v) is 10.1. The van der Waals surface area contributed by atoms with E-state index >= 15 is 0 Å². The number of aliphatic hydroxyl groups is 2. The standard InChI is InChI=1S/C47H87NO5/c1-3-5-7-9-11-13-14-15-16-17-18-19-20-25-29-33-37-41-47(52)53-42-38-34-30-26-22-21-24-28-32-36-40-46(51)48-44(43-49)45(50)39-35-31-27-23-12-10-8-6-4-2/h15-16,22,26,35,39,44-45,49-50H,3-14,17-21,23-25,27-34,36-38,40-43H2,1-2H3,(H,48,51)/b16-15-,26-22-,39-35+. The molecule has 0 radical (unpaired) electrons. The van der Waals surface area contributed by atoms with Crippen molar-refractivity contribution < 1.29 is 24.5 Å². The largest absolute Gasteiger partial charge is 0.466 e. The highest BCUT2D eigenvalue weighted by Gasteiger charge is 2.18. The summed E-state index contributed by atoms with van der Waals surface area (Å²) in [6.45, 7) is 4.76. The SMILES string of the molecule is CCCCCCCC/C=C\CCCCCCCCCC(=O)OCCCC/C=C\CCCCCCC(=O)NC(CO)C(O)/C=C/CCCCCCCCC. The minimum Gasteiger partial charge on any atom is -0.466 e. The number of hydrogen-bond acceptors (Lipinski definition) is 5. The Morgan fingerprint density at radius 1 is 0.509 bits per heavy atom. The van der Waals surface area contributed by atoms with Crippen LogP contribution in [0.5, 0.6) is 0 Å². The maximum Gasteiger partial charge on any atom is 0.305 e. The van der Waals surface area contributed by atoms with Crippen molar-refractivity contribution in [3.63, 3.8) is 0 Å². The van der Waals surface area contributed by atoms with Crippen LogP contribution in [0.25, 0.3) is 0 Å². The number of unbranched alkanes of at least 4 members (excludes halogenated alkanes) is 26. The van der Waals surface area contributed by atoms with Gasteiger partial charge in [-0.15, -0.1) is 0 Å². The van der Waals surface area contributed by atoms with Crippen molar-refractivity contribution in [2.24, 2.45) is 0 Å². The van der Waals surface area contributed by atoms with Crippen LogP contribution in [0.4, 0.5) is 0 Å². The zero-order valence-corrected chi connectivity index (χ0v) is 35.0. The van der Waals surface area contributed by atoms with Crippen LogP contribution in [-0.2, 0) is 14.3 Å². The van der Waals surface area contributed by atoms with Crippen LogP contribution in [0.1, 0.15) is 226 Å². The Bertz CT molecular complexity index is 869. The molecule has 53 heavy (non-hydrogen) atoms. The van der Waals surface area contributed by atoms with E-state index in [1.807, 2.05) is 6.08 Å². The highest BCUT2D eigenvalue weighted by atomic mass is 16.5. The summed E-state index contributed by atoms with van der Waals surface area (Å²) in [4.78, 5) is 24.3. The van der Waals surface area contributed by atoms with E-state index in [4.69, 9.17) is 4.74 Å². The summed E-state index contributed by atoms with van der Waals surface area (Å²) in [6, 6.07) is -0.651. The van der Waals surface area contributed by atoms with Crippen LogP contribution >= 0.6 is 0 Å². The number of carbonyl (C=O) groups is 2. The molecule has 0 fully saturated rings. The average molecular weight is 746 g/mol. The molecule has 0 rings (SSSR count). The fraction of sp³-hybridized carbons (Fsp3) is 0.830. The lowest BCUT2D eigenvalue weighted by Crippen LogP contribution is -2.45. The zero-order chi connectivity index (χ0) is 38.7. The summed E-state index contributed by atoms with van der Waals surface area (Å²) in [5, 5.41) is 22.8. The first kappa shape index (κ1) is 51.1. The normalized spacial score (nSPS) is 13.1. The van der Waals surface area contributed by atoms with Crippen molar-refractivity contribution in [1.82, 2.24) is 5.32 Å². The topological polar surface area (TPSA) is 95.9 Å². The maximum atomic E-state index is 12.3. The Morgan fingerprint density at radius 3 is 1.34 bits per heavy atom. The highest BCUT2D eigenvalue weighted by Crippen LogP contribution is 2.13. The number of nitrogens with one attached hydrogen (secondary N) is 1. The molecule has 310 valence electrons. The van der Waals surface area contributed by atoms with Gasteiger partial charge < -0.3 is 20.3 Å². The number of amides is 1. The zero-order valence-electron chi connectivity index (χ0n) is 35.0. The summed E-state index contributed by atoms with van der Waals surface area (Å²) < 4.78 is 5.42. The molecule has 6 heteroatoms. The Labute approximate surface area is 328 Å². The molecule has 3 N–H and O–H groups in total. The molecule has 0 aromatic rings. The number of carbonyl (C=O) groups excluding carboxylic acids is 2.